The molecule has 0 radical (unpaired) electrons. The number of carbonyl (C=O) groups is 2. The van der Waals surface area contributed by atoms with Gasteiger partial charge in [0, 0.05) is 38.7 Å². The molecule has 0 saturated heterocycles. The first-order chi connectivity index (χ1) is 19.4. The van der Waals surface area contributed by atoms with Crippen molar-refractivity contribution in [3.05, 3.63) is 62.8 Å². The van der Waals surface area contributed by atoms with Crippen LogP contribution in [0.15, 0.2) is 35.3 Å². The third-order valence-electron chi connectivity index (χ3n) is 8.94. The molecule has 2 fully saturated rings. The average molecular weight is 581 g/mol. The van der Waals surface area contributed by atoms with Crippen molar-refractivity contribution in [1.29, 1.82) is 0 Å². The summed E-state index contributed by atoms with van der Waals surface area (Å²) in [5.41, 5.74) is -1.04. The molecule has 216 valence electrons. The molecule has 3 aliphatic rings. The van der Waals surface area contributed by atoms with Crippen LogP contribution in [0, 0.1) is 17.2 Å². The smallest absolute Gasteiger partial charge is 0.278 e. The van der Waals surface area contributed by atoms with E-state index in [-0.39, 0.29) is 34.9 Å². The van der Waals surface area contributed by atoms with Crippen LogP contribution < -0.4 is 15.8 Å². The number of hydrogen-bond donors (Lipinski definition) is 2. The van der Waals surface area contributed by atoms with E-state index in [9.17, 15) is 23.9 Å². The number of amides is 2. The molecular formula is C29H33FN6O4S. The van der Waals surface area contributed by atoms with Gasteiger partial charge >= 0.3 is 0 Å². The van der Waals surface area contributed by atoms with Crippen LogP contribution in [0.5, 0.6) is 5.75 Å². The molecule has 41 heavy (non-hydrogen) atoms. The predicted octanol–water partition coefficient (Wildman–Crippen LogP) is 3.26. The van der Waals surface area contributed by atoms with Crippen LogP contribution in [0.1, 0.15) is 67.0 Å². The Morgan fingerprint density at radius 1 is 1.15 bits per heavy atom. The minimum atomic E-state index is -0.780. The Labute approximate surface area is 240 Å². The van der Waals surface area contributed by atoms with Crippen molar-refractivity contribution in [2.45, 2.75) is 64.1 Å². The second-order valence-corrected chi connectivity index (χ2v) is 13.2. The molecule has 2 amide bonds. The van der Waals surface area contributed by atoms with Crippen molar-refractivity contribution >= 4 is 23.2 Å². The molecule has 2 aromatic heterocycles. The second-order valence-electron chi connectivity index (χ2n) is 12.1. The van der Waals surface area contributed by atoms with E-state index in [1.807, 2.05) is 12.1 Å². The zero-order chi connectivity index (χ0) is 29.3. The highest BCUT2D eigenvalue weighted by Gasteiger charge is 2.56. The number of hydrogen-bond acceptors (Lipinski definition) is 8. The molecule has 1 aromatic carbocycles. The average Bonchev–Trinajstić information content (AvgIpc) is 3.62. The molecule has 2 aliphatic carbocycles. The van der Waals surface area contributed by atoms with Crippen molar-refractivity contribution in [3.8, 4) is 16.3 Å². The van der Waals surface area contributed by atoms with E-state index in [2.05, 4.69) is 29.4 Å². The van der Waals surface area contributed by atoms with E-state index in [1.54, 1.807) is 35.0 Å². The summed E-state index contributed by atoms with van der Waals surface area (Å²) in [6.45, 7) is 4.12. The van der Waals surface area contributed by atoms with Gasteiger partial charge in [-0.05, 0) is 55.2 Å². The van der Waals surface area contributed by atoms with Gasteiger partial charge in [-0.15, -0.1) is 10.2 Å². The molecule has 1 aliphatic heterocycles. The largest absolute Gasteiger partial charge is 0.502 e. The van der Waals surface area contributed by atoms with E-state index < -0.39 is 28.2 Å². The van der Waals surface area contributed by atoms with E-state index in [0.29, 0.717) is 35.7 Å². The van der Waals surface area contributed by atoms with Gasteiger partial charge in [0.1, 0.15) is 16.5 Å². The second kappa shape index (κ2) is 9.64. The number of fused-ring (bicyclic) bond motifs is 1. The maximum Gasteiger partial charge on any atom is 0.278 e. The molecule has 12 heteroatoms. The summed E-state index contributed by atoms with van der Waals surface area (Å²) in [5.74, 6) is -1.56. The normalized spacial score (nSPS) is 23.5. The molecule has 2 unspecified atom stereocenters. The number of halogens is 1. The third-order valence-corrected chi connectivity index (χ3v) is 9.90. The molecule has 3 aromatic rings. The van der Waals surface area contributed by atoms with Crippen LogP contribution in [0.3, 0.4) is 0 Å². The van der Waals surface area contributed by atoms with E-state index >= 15 is 0 Å². The van der Waals surface area contributed by atoms with Gasteiger partial charge in [-0.3, -0.25) is 24.1 Å². The van der Waals surface area contributed by atoms with E-state index in [4.69, 9.17) is 0 Å². The first kappa shape index (κ1) is 27.4. The third kappa shape index (κ3) is 4.58. The fourth-order valence-electron chi connectivity index (χ4n) is 6.44. The van der Waals surface area contributed by atoms with Crippen LogP contribution in [-0.2, 0) is 11.2 Å². The summed E-state index contributed by atoms with van der Waals surface area (Å²) >= 11 is 1.20. The Hall–Kier alpha value is -3.80. The van der Waals surface area contributed by atoms with Crippen LogP contribution in [-0.4, -0.2) is 62.5 Å². The van der Waals surface area contributed by atoms with Gasteiger partial charge in [0.15, 0.2) is 16.5 Å². The van der Waals surface area contributed by atoms with Crippen LogP contribution in [0.2, 0.25) is 0 Å². The summed E-state index contributed by atoms with van der Waals surface area (Å²) in [6.07, 6.45) is 5.64. The van der Waals surface area contributed by atoms with Crippen LogP contribution in [0.4, 0.5) is 4.39 Å². The van der Waals surface area contributed by atoms with Gasteiger partial charge in [0.25, 0.3) is 5.91 Å². The standard InChI is InChI=1S/C29H33FN6O4S/c1-28(2)15-29(12-11-20(28)25(39)31-18-9-10-18)34(3)27(40)22-24(38)23(37)19(14-36(22)35(29)4)26-33-32-21(41-26)13-16-5-7-17(30)8-6-16/h5-8,14,18,20,38H,9-13,15H2,1-4H3,(H,31,39). The minimum Gasteiger partial charge on any atom is -0.502 e. The monoisotopic (exact) mass is 580 g/mol. The number of aromatic nitrogens is 3. The first-order valence-corrected chi connectivity index (χ1v) is 14.6. The summed E-state index contributed by atoms with van der Waals surface area (Å²) in [5, 5.41) is 25.4. The Morgan fingerprint density at radius 2 is 1.85 bits per heavy atom. The Morgan fingerprint density at radius 3 is 2.51 bits per heavy atom. The fraction of sp³-hybridized carbons (Fsp3) is 0.483. The number of nitrogens with zero attached hydrogens (tertiary/aromatic N) is 5. The highest BCUT2D eigenvalue weighted by Crippen LogP contribution is 2.50. The lowest BCUT2D eigenvalue weighted by Crippen LogP contribution is -2.71. The SMILES string of the molecule is CN1C(=O)c2c(O)c(=O)c(-c3nnc(Cc4ccc(F)cc4)s3)cn2N(C)C12CCC(C(=O)NC1CC1)C(C)(C)C2. The van der Waals surface area contributed by atoms with Crippen molar-refractivity contribution in [1.82, 2.24) is 25.1 Å². The van der Waals surface area contributed by atoms with Gasteiger partial charge in [-0.25, -0.2) is 4.39 Å². The summed E-state index contributed by atoms with van der Waals surface area (Å²) < 4.78 is 14.8. The topological polar surface area (TPSA) is 121 Å². The quantitative estimate of drug-likeness (QED) is 0.475. The van der Waals surface area contributed by atoms with Gasteiger partial charge in [0.2, 0.25) is 11.3 Å². The van der Waals surface area contributed by atoms with Crippen LogP contribution in [0.25, 0.3) is 10.6 Å². The minimum absolute atomic E-state index is 0.0662. The van der Waals surface area contributed by atoms with Crippen molar-refractivity contribution in [3.63, 3.8) is 0 Å². The number of benzene rings is 1. The lowest BCUT2D eigenvalue weighted by molar-refractivity contribution is -0.133. The number of nitrogens with one attached hydrogen (secondary N) is 1. The summed E-state index contributed by atoms with van der Waals surface area (Å²) in [6, 6.07) is 6.35. The summed E-state index contributed by atoms with van der Waals surface area (Å²) in [4.78, 5) is 41.7. The molecule has 1 spiro atoms. The Kier molecular flexibility index (Phi) is 6.44. The molecule has 0 bridgehead atoms. The molecule has 3 heterocycles. The maximum absolute atomic E-state index is 13.7. The summed E-state index contributed by atoms with van der Waals surface area (Å²) in [7, 11) is 3.52. The molecule has 6 rings (SSSR count). The van der Waals surface area contributed by atoms with Gasteiger partial charge in [-0.1, -0.05) is 37.3 Å². The first-order valence-electron chi connectivity index (χ1n) is 13.8. The van der Waals surface area contributed by atoms with Crippen molar-refractivity contribution in [2.75, 3.05) is 19.1 Å². The van der Waals surface area contributed by atoms with Gasteiger partial charge < -0.3 is 15.3 Å². The maximum atomic E-state index is 13.7. The molecule has 10 nitrogen and oxygen atoms in total. The van der Waals surface area contributed by atoms with Gasteiger partial charge in [-0.2, -0.15) is 0 Å². The predicted molar refractivity (Wildman–Crippen MR) is 152 cm³/mol. The molecule has 2 saturated carbocycles. The number of aromatic hydroxyl groups is 1. The van der Waals surface area contributed by atoms with Crippen LogP contribution >= 0.6 is 11.3 Å². The van der Waals surface area contributed by atoms with Crippen molar-refractivity contribution < 1.29 is 19.1 Å². The molecule has 2 atom stereocenters. The van der Waals surface area contributed by atoms with Crippen molar-refractivity contribution in [2.24, 2.45) is 11.3 Å². The Balaban J connectivity index is 1.34. The zero-order valence-electron chi connectivity index (χ0n) is 23.5. The highest BCUT2D eigenvalue weighted by molar-refractivity contribution is 7.14. The zero-order valence-corrected chi connectivity index (χ0v) is 24.3. The Bertz CT molecular complexity index is 1600. The molecule has 2 N–H and O–H groups in total. The number of carbonyl (C=O) groups excluding carboxylic acids is 2. The van der Waals surface area contributed by atoms with Gasteiger partial charge in [0.05, 0.1) is 5.56 Å². The number of pyridine rings is 1. The lowest BCUT2D eigenvalue weighted by atomic mass is 9.63. The van der Waals surface area contributed by atoms with E-state index in [1.165, 1.54) is 23.5 Å². The molecular weight excluding hydrogens is 547 g/mol. The fourth-order valence-corrected chi connectivity index (χ4v) is 7.32. The lowest BCUT2D eigenvalue weighted by Gasteiger charge is -2.59. The highest BCUT2D eigenvalue weighted by atomic mass is 32.1. The number of rotatable bonds is 5. The van der Waals surface area contributed by atoms with E-state index in [0.717, 1.165) is 18.4 Å².